The van der Waals surface area contributed by atoms with Gasteiger partial charge in [0.25, 0.3) is 0 Å². The van der Waals surface area contributed by atoms with Crippen molar-refractivity contribution in [2.75, 3.05) is 4.90 Å². The van der Waals surface area contributed by atoms with Crippen molar-refractivity contribution in [1.29, 1.82) is 0 Å². The van der Waals surface area contributed by atoms with Crippen molar-refractivity contribution < 1.29 is 4.42 Å². The molecule has 55 heavy (non-hydrogen) atoms. The van der Waals surface area contributed by atoms with E-state index in [0.29, 0.717) is 5.41 Å². The maximum Gasteiger partial charge on any atom is 0.135 e. The molecule has 0 aliphatic heterocycles. The minimum absolute atomic E-state index is 0.299. The molecule has 4 aliphatic rings. The summed E-state index contributed by atoms with van der Waals surface area (Å²) in [6, 6.07) is 60.4. The first kappa shape index (κ1) is 30.3. The fraction of sp³-hybridized carbons (Fsp3) is 0.192. The average Bonchev–Trinajstić information content (AvgIpc) is 3.88. The second kappa shape index (κ2) is 11.0. The van der Waals surface area contributed by atoms with Gasteiger partial charge in [-0.2, -0.15) is 0 Å². The average molecular weight is 709 g/mol. The predicted molar refractivity (Wildman–Crippen MR) is 226 cm³/mol. The van der Waals surface area contributed by atoms with E-state index in [9.17, 15) is 0 Å². The Morgan fingerprint density at radius 3 is 2.00 bits per heavy atom. The Labute approximate surface area is 320 Å². The van der Waals surface area contributed by atoms with Gasteiger partial charge in [-0.25, -0.2) is 0 Å². The van der Waals surface area contributed by atoms with Crippen molar-refractivity contribution in [3.8, 4) is 16.8 Å². The normalized spacial score (nSPS) is 24.7. The molecule has 6 atom stereocenters. The lowest BCUT2D eigenvalue weighted by Crippen LogP contribution is -2.47. The molecular weight excluding hydrogens is 669 g/mol. The lowest BCUT2D eigenvalue weighted by atomic mass is 9.53. The number of anilines is 3. The molecule has 2 heterocycles. The first-order valence-corrected chi connectivity index (χ1v) is 20.2. The third kappa shape index (κ3) is 4.06. The van der Waals surface area contributed by atoms with Crippen LogP contribution in [0.2, 0.25) is 0 Å². The molecule has 3 unspecified atom stereocenters. The number of rotatable bonds is 6. The number of fused-ring (bicyclic) bond motifs is 6. The van der Waals surface area contributed by atoms with E-state index in [1.807, 2.05) is 0 Å². The first-order valence-electron chi connectivity index (χ1n) is 20.2. The summed E-state index contributed by atoms with van der Waals surface area (Å²) in [5, 5.41) is 4.88. The van der Waals surface area contributed by atoms with Crippen LogP contribution in [-0.4, -0.2) is 4.57 Å². The van der Waals surface area contributed by atoms with Gasteiger partial charge in [-0.05, 0) is 127 Å². The lowest BCUT2D eigenvalue weighted by Gasteiger charge is -2.52. The summed E-state index contributed by atoms with van der Waals surface area (Å²) < 4.78 is 8.77. The van der Waals surface area contributed by atoms with Gasteiger partial charge in [0, 0.05) is 49.6 Å². The van der Waals surface area contributed by atoms with Crippen molar-refractivity contribution in [2.45, 2.75) is 31.1 Å². The predicted octanol–water partition coefficient (Wildman–Crippen LogP) is 13.8. The van der Waals surface area contributed by atoms with Gasteiger partial charge in [-0.15, -0.1) is 0 Å². The number of nitrogens with zero attached hydrogens (tertiary/aromatic N) is 2. The van der Waals surface area contributed by atoms with Gasteiger partial charge < -0.3 is 13.9 Å². The number of aromatic nitrogens is 1. The molecule has 4 fully saturated rings. The quantitative estimate of drug-likeness (QED) is 0.171. The van der Waals surface area contributed by atoms with Crippen LogP contribution in [0.25, 0.3) is 60.6 Å². The van der Waals surface area contributed by atoms with Crippen LogP contribution in [0.3, 0.4) is 0 Å². The van der Waals surface area contributed by atoms with E-state index in [1.165, 1.54) is 81.4 Å². The molecule has 0 bridgehead atoms. The molecule has 7 aromatic carbocycles. The van der Waals surface area contributed by atoms with E-state index in [2.05, 4.69) is 173 Å². The summed E-state index contributed by atoms with van der Waals surface area (Å²) in [6.07, 6.45) is 5.66. The number of para-hydroxylation sites is 5. The molecule has 0 saturated heterocycles. The van der Waals surface area contributed by atoms with Gasteiger partial charge in [0.05, 0.1) is 16.7 Å². The third-order valence-electron chi connectivity index (χ3n) is 14.6. The van der Waals surface area contributed by atoms with Gasteiger partial charge in [-0.1, -0.05) is 103 Å². The summed E-state index contributed by atoms with van der Waals surface area (Å²) in [5.41, 5.74) is 13.5. The molecule has 13 rings (SSSR count). The molecular formula is C52H40N2O. The molecule has 2 aromatic heterocycles. The molecule has 0 amide bonds. The van der Waals surface area contributed by atoms with E-state index in [0.717, 1.165) is 51.5 Å². The Bertz CT molecular complexity index is 2950. The van der Waals surface area contributed by atoms with Crippen molar-refractivity contribution in [2.24, 2.45) is 29.6 Å². The smallest absolute Gasteiger partial charge is 0.135 e. The van der Waals surface area contributed by atoms with Gasteiger partial charge in [-0.3, -0.25) is 0 Å². The molecule has 0 radical (unpaired) electrons. The van der Waals surface area contributed by atoms with Crippen molar-refractivity contribution in [1.82, 2.24) is 4.57 Å². The first-order chi connectivity index (χ1) is 27.2. The zero-order valence-corrected chi connectivity index (χ0v) is 30.6. The molecule has 3 nitrogen and oxygen atoms in total. The zero-order chi connectivity index (χ0) is 35.8. The summed E-state index contributed by atoms with van der Waals surface area (Å²) >= 11 is 0. The summed E-state index contributed by atoms with van der Waals surface area (Å²) in [7, 11) is 0. The van der Waals surface area contributed by atoms with Gasteiger partial charge in [0.15, 0.2) is 0 Å². The van der Waals surface area contributed by atoms with Gasteiger partial charge >= 0.3 is 0 Å². The zero-order valence-electron chi connectivity index (χ0n) is 30.6. The highest BCUT2D eigenvalue weighted by Crippen LogP contribution is 2.79. The van der Waals surface area contributed by atoms with E-state index >= 15 is 0 Å². The van der Waals surface area contributed by atoms with Crippen molar-refractivity contribution in [3.05, 3.63) is 169 Å². The SMILES string of the molecule is c1ccc(-n2c3ccccc3c3ccccc32)c(-c2ccc(N(c3ccc4oc5ccccc5c4c3)c3ccccc3[C@]34CC5C[C@@H]6CC(C3)[C@H]6C54)cc2)c1. The molecule has 4 aliphatic carbocycles. The van der Waals surface area contributed by atoms with E-state index in [4.69, 9.17) is 4.42 Å². The van der Waals surface area contributed by atoms with Gasteiger partial charge in [0.1, 0.15) is 11.2 Å². The third-order valence-corrected chi connectivity index (χ3v) is 14.6. The molecule has 9 aromatic rings. The Hall–Kier alpha value is -6.06. The molecule has 0 N–H and O–H groups in total. The molecule has 264 valence electrons. The largest absolute Gasteiger partial charge is 0.456 e. The second-order valence-electron chi connectivity index (χ2n) is 17.0. The van der Waals surface area contributed by atoms with Crippen LogP contribution < -0.4 is 4.90 Å². The standard InChI is InChI=1S/C52H40N2O/c1-6-16-44(54-45-17-7-2-12-39(45)40-13-3-8-18-46(40)54)38(11-1)32-21-23-36(24-22-32)53(37-25-26-49-42(29-37)41-14-4-10-20-48(41)55-49)47-19-9-5-15-43(47)52-30-34-27-33-28-35(31-52)51(52)50(33)34/h1-26,29,33-35,50-51H,27-28,30-31H2/t33-,34?,35?,50-,51?,52+/m0/s1. The van der Waals surface area contributed by atoms with E-state index in [-0.39, 0.29) is 0 Å². The second-order valence-corrected chi connectivity index (χ2v) is 17.0. The fourth-order valence-corrected chi connectivity index (χ4v) is 12.6. The van der Waals surface area contributed by atoms with E-state index in [1.54, 1.807) is 5.56 Å². The molecule has 4 saturated carbocycles. The van der Waals surface area contributed by atoms with Crippen molar-refractivity contribution in [3.63, 3.8) is 0 Å². The molecule has 3 heteroatoms. The number of benzene rings is 7. The highest BCUT2D eigenvalue weighted by Gasteiger charge is 2.73. The summed E-state index contributed by atoms with van der Waals surface area (Å²) in [6.45, 7) is 0. The summed E-state index contributed by atoms with van der Waals surface area (Å²) in [4.78, 5) is 2.55. The van der Waals surface area contributed by atoms with Crippen LogP contribution >= 0.6 is 0 Å². The Morgan fingerprint density at radius 1 is 0.527 bits per heavy atom. The van der Waals surface area contributed by atoms with E-state index < -0.39 is 0 Å². The van der Waals surface area contributed by atoms with Crippen LogP contribution in [0.15, 0.2) is 168 Å². The Balaban J connectivity index is 0.978. The summed E-state index contributed by atoms with van der Waals surface area (Å²) in [5.74, 6) is 4.66. The van der Waals surface area contributed by atoms with Crippen LogP contribution in [0.5, 0.6) is 0 Å². The lowest BCUT2D eigenvalue weighted by molar-refractivity contribution is 0.0688. The van der Waals surface area contributed by atoms with Crippen LogP contribution in [0, 0.1) is 29.6 Å². The minimum Gasteiger partial charge on any atom is -0.456 e. The maximum atomic E-state index is 6.33. The monoisotopic (exact) mass is 708 g/mol. The van der Waals surface area contributed by atoms with Crippen LogP contribution in [0.1, 0.15) is 31.2 Å². The van der Waals surface area contributed by atoms with Crippen molar-refractivity contribution >= 4 is 60.8 Å². The van der Waals surface area contributed by atoms with Crippen LogP contribution in [0.4, 0.5) is 17.1 Å². The number of hydrogen-bond donors (Lipinski definition) is 0. The maximum absolute atomic E-state index is 6.33. The van der Waals surface area contributed by atoms with Crippen LogP contribution in [-0.2, 0) is 5.41 Å². The number of furan rings is 1. The number of hydrogen-bond acceptors (Lipinski definition) is 2. The topological polar surface area (TPSA) is 21.3 Å². The minimum atomic E-state index is 0.299. The fourth-order valence-electron chi connectivity index (χ4n) is 12.6. The molecule has 0 spiro atoms. The Kier molecular flexibility index (Phi) is 6.06. The highest BCUT2D eigenvalue weighted by molar-refractivity contribution is 6.10. The highest BCUT2D eigenvalue weighted by atomic mass is 16.3. The Morgan fingerprint density at radius 2 is 1.16 bits per heavy atom. The van der Waals surface area contributed by atoms with Gasteiger partial charge in [0.2, 0.25) is 0 Å².